The van der Waals surface area contributed by atoms with Crippen LogP contribution in [0.25, 0.3) is 21.9 Å². The number of hydrogen-bond acceptors (Lipinski definition) is 3. The summed E-state index contributed by atoms with van der Waals surface area (Å²) in [5.74, 6) is 0.602. The summed E-state index contributed by atoms with van der Waals surface area (Å²) in [6, 6.07) is 13.1. The normalized spacial score (nSPS) is 11.1. The van der Waals surface area contributed by atoms with Crippen LogP contribution in [0.4, 0.5) is 5.69 Å². The first-order valence-electron chi connectivity index (χ1n) is 6.91. The maximum absolute atomic E-state index is 12.4. The lowest BCUT2D eigenvalue weighted by Gasteiger charge is -2.03. The molecule has 4 rings (SSSR count). The Morgan fingerprint density at radius 3 is 2.91 bits per heavy atom. The van der Waals surface area contributed by atoms with Crippen molar-refractivity contribution in [3.8, 4) is 0 Å². The Labute approximate surface area is 125 Å². The summed E-state index contributed by atoms with van der Waals surface area (Å²) < 4.78 is 0. The van der Waals surface area contributed by atoms with E-state index in [0.717, 1.165) is 27.8 Å². The third kappa shape index (κ3) is 2.01. The molecule has 0 aliphatic carbocycles. The maximum Gasteiger partial charge on any atom is 0.276 e. The number of rotatable bonds is 2. The molecule has 6 heteroatoms. The van der Waals surface area contributed by atoms with Crippen LogP contribution in [0, 0.1) is 6.92 Å². The number of anilines is 1. The SMILES string of the molecule is Cc1nc2ccc(NC(=O)c3n[nH]c4ccccc34)cc2[nH]1. The van der Waals surface area contributed by atoms with Crippen LogP contribution in [-0.4, -0.2) is 26.1 Å². The van der Waals surface area contributed by atoms with E-state index in [1.165, 1.54) is 0 Å². The third-order valence-electron chi connectivity index (χ3n) is 3.54. The van der Waals surface area contributed by atoms with Crippen molar-refractivity contribution < 1.29 is 4.79 Å². The van der Waals surface area contributed by atoms with Crippen LogP contribution in [0.3, 0.4) is 0 Å². The monoisotopic (exact) mass is 291 g/mol. The molecule has 4 aromatic rings. The van der Waals surface area contributed by atoms with E-state index in [-0.39, 0.29) is 5.91 Å². The van der Waals surface area contributed by atoms with E-state index < -0.39 is 0 Å². The zero-order valence-electron chi connectivity index (χ0n) is 11.8. The molecule has 0 bridgehead atoms. The number of amides is 1. The lowest BCUT2D eigenvalue weighted by atomic mass is 10.2. The van der Waals surface area contributed by atoms with Crippen molar-refractivity contribution >= 4 is 33.5 Å². The molecule has 0 saturated heterocycles. The predicted molar refractivity (Wildman–Crippen MR) is 84.9 cm³/mol. The van der Waals surface area contributed by atoms with Gasteiger partial charge in [-0.2, -0.15) is 5.10 Å². The van der Waals surface area contributed by atoms with Gasteiger partial charge >= 0.3 is 0 Å². The number of carbonyl (C=O) groups is 1. The number of H-pyrrole nitrogens is 2. The highest BCUT2D eigenvalue weighted by molar-refractivity contribution is 6.11. The fourth-order valence-electron chi connectivity index (χ4n) is 2.54. The summed E-state index contributed by atoms with van der Waals surface area (Å²) in [6.07, 6.45) is 0. The van der Waals surface area contributed by atoms with Gasteiger partial charge in [0.15, 0.2) is 5.69 Å². The molecule has 2 aromatic carbocycles. The number of aromatic amines is 2. The topological polar surface area (TPSA) is 86.5 Å². The standard InChI is InChI=1S/C16H13N5O/c1-9-17-13-7-6-10(8-14(13)18-9)19-16(22)15-11-4-2-3-5-12(11)20-21-15/h2-8H,1H3,(H,17,18)(H,19,22)(H,20,21). The lowest BCUT2D eigenvalue weighted by molar-refractivity contribution is 0.102. The number of nitrogens with zero attached hydrogens (tertiary/aromatic N) is 2. The Kier molecular flexibility index (Phi) is 2.69. The van der Waals surface area contributed by atoms with E-state index in [0.29, 0.717) is 11.4 Å². The largest absolute Gasteiger partial charge is 0.342 e. The van der Waals surface area contributed by atoms with Crippen LogP contribution >= 0.6 is 0 Å². The molecule has 6 nitrogen and oxygen atoms in total. The number of aromatic nitrogens is 4. The van der Waals surface area contributed by atoms with Gasteiger partial charge in [0, 0.05) is 11.1 Å². The molecule has 0 fully saturated rings. The van der Waals surface area contributed by atoms with Crippen LogP contribution in [-0.2, 0) is 0 Å². The molecule has 0 aliphatic heterocycles. The van der Waals surface area contributed by atoms with Gasteiger partial charge in [0.05, 0.1) is 16.6 Å². The average molecular weight is 291 g/mol. The number of hydrogen-bond donors (Lipinski definition) is 3. The molecular formula is C16H13N5O. The molecule has 0 aliphatic rings. The van der Waals surface area contributed by atoms with Gasteiger partial charge in [-0.05, 0) is 31.2 Å². The van der Waals surface area contributed by atoms with Gasteiger partial charge in [0.25, 0.3) is 5.91 Å². The van der Waals surface area contributed by atoms with E-state index in [1.807, 2.05) is 49.4 Å². The van der Waals surface area contributed by atoms with E-state index in [4.69, 9.17) is 0 Å². The van der Waals surface area contributed by atoms with Gasteiger partial charge in [-0.25, -0.2) is 4.98 Å². The molecule has 22 heavy (non-hydrogen) atoms. The molecular weight excluding hydrogens is 278 g/mol. The first-order chi connectivity index (χ1) is 10.7. The maximum atomic E-state index is 12.4. The Morgan fingerprint density at radius 2 is 2.00 bits per heavy atom. The third-order valence-corrected chi connectivity index (χ3v) is 3.54. The average Bonchev–Trinajstić information content (AvgIpc) is 3.09. The number of imidazole rings is 1. The zero-order chi connectivity index (χ0) is 15.1. The van der Waals surface area contributed by atoms with Crippen molar-refractivity contribution in [2.45, 2.75) is 6.92 Å². The fraction of sp³-hybridized carbons (Fsp3) is 0.0625. The summed E-state index contributed by atoms with van der Waals surface area (Å²) in [4.78, 5) is 19.9. The molecule has 2 aromatic heterocycles. The molecule has 108 valence electrons. The second kappa shape index (κ2) is 4.70. The summed E-state index contributed by atoms with van der Waals surface area (Å²) in [5.41, 5.74) is 3.69. The van der Waals surface area contributed by atoms with Crippen LogP contribution in [0.5, 0.6) is 0 Å². The molecule has 1 amide bonds. The number of benzene rings is 2. The molecule has 0 saturated carbocycles. The Bertz CT molecular complexity index is 998. The van der Waals surface area contributed by atoms with Gasteiger partial charge in [-0.1, -0.05) is 18.2 Å². The van der Waals surface area contributed by atoms with Gasteiger partial charge < -0.3 is 10.3 Å². The number of carbonyl (C=O) groups excluding carboxylic acids is 1. The van der Waals surface area contributed by atoms with E-state index in [1.54, 1.807) is 0 Å². The molecule has 0 radical (unpaired) electrons. The van der Waals surface area contributed by atoms with Crippen molar-refractivity contribution in [3.05, 3.63) is 54.0 Å². The molecule has 3 N–H and O–H groups in total. The van der Waals surface area contributed by atoms with Gasteiger partial charge in [-0.15, -0.1) is 0 Å². The molecule has 2 heterocycles. The Hall–Kier alpha value is -3.15. The van der Waals surface area contributed by atoms with Gasteiger partial charge in [0.1, 0.15) is 5.82 Å². The Balaban J connectivity index is 1.67. The number of aryl methyl sites for hydroxylation is 1. The predicted octanol–water partition coefficient (Wildman–Crippen LogP) is 3.00. The minimum Gasteiger partial charge on any atom is -0.342 e. The fourth-order valence-corrected chi connectivity index (χ4v) is 2.54. The number of para-hydroxylation sites is 1. The number of nitrogens with one attached hydrogen (secondary N) is 3. The number of fused-ring (bicyclic) bond motifs is 2. The van der Waals surface area contributed by atoms with Crippen LogP contribution in [0.15, 0.2) is 42.5 Å². The minimum atomic E-state index is -0.243. The van der Waals surface area contributed by atoms with Crippen molar-refractivity contribution in [2.24, 2.45) is 0 Å². The Morgan fingerprint density at radius 1 is 1.14 bits per heavy atom. The van der Waals surface area contributed by atoms with Crippen molar-refractivity contribution in [1.29, 1.82) is 0 Å². The minimum absolute atomic E-state index is 0.243. The first kappa shape index (κ1) is 12.6. The lowest BCUT2D eigenvalue weighted by Crippen LogP contribution is -2.12. The summed E-state index contributed by atoms with van der Waals surface area (Å²) >= 11 is 0. The molecule has 0 atom stereocenters. The second-order valence-corrected chi connectivity index (χ2v) is 5.13. The van der Waals surface area contributed by atoms with Crippen LogP contribution in [0.2, 0.25) is 0 Å². The van der Waals surface area contributed by atoms with Crippen LogP contribution in [0.1, 0.15) is 16.3 Å². The highest BCUT2D eigenvalue weighted by Crippen LogP contribution is 2.20. The molecule has 0 unspecified atom stereocenters. The highest BCUT2D eigenvalue weighted by atomic mass is 16.1. The van der Waals surface area contributed by atoms with Crippen molar-refractivity contribution in [1.82, 2.24) is 20.2 Å². The second-order valence-electron chi connectivity index (χ2n) is 5.13. The van der Waals surface area contributed by atoms with E-state index >= 15 is 0 Å². The zero-order valence-corrected chi connectivity index (χ0v) is 11.8. The van der Waals surface area contributed by atoms with Crippen LogP contribution < -0.4 is 5.32 Å². The molecule has 0 spiro atoms. The smallest absolute Gasteiger partial charge is 0.276 e. The van der Waals surface area contributed by atoms with Crippen molar-refractivity contribution in [2.75, 3.05) is 5.32 Å². The van der Waals surface area contributed by atoms with E-state index in [9.17, 15) is 4.79 Å². The highest BCUT2D eigenvalue weighted by Gasteiger charge is 2.14. The van der Waals surface area contributed by atoms with Crippen molar-refractivity contribution in [3.63, 3.8) is 0 Å². The first-order valence-corrected chi connectivity index (χ1v) is 6.91. The quantitative estimate of drug-likeness (QED) is 0.530. The van der Waals surface area contributed by atoms with Gasteiger partial charge in [-0.3, -0.25) is 9.89 Å². The van der Waals surface area contributed by atoms with E-state index in [2.05, 4.69) is 25.5 Å². The summed E-state index contributed by atoms with van der Waals surface area (Å²) in [5, 5.41) is 10.6. The summed E-state index contributed by atoms with van der Waals surface area (Å²) in [7, 11) is 0. The van der Waals surface area contributed by atoms with Gasteiger partial charge in [0.2, 0.25) is 0 Å². The summed E-state index contributed by atoms with van der Waals surface area (Å²) in [6.45, 7) is 1.90.